The van der Waals surface area contributed by atoms with Crippen LogP contribution in [0.4, 0.5) is 0 Å². The van der Waals surface area contributed by atoms with E-state index in [9.17, 15) is 9.59 Å². The molecule has 1 fully saturated rings. The van der Waals surface area contributed by atoms with Crippen molar-refractivity contribution in [2.24, 2.45) is 0 Å². The molecule has 0 radical (unpaired) electrons. The Morgan fingerprint density at radius 3 is 2.78 bits per heavy atom. The third-order valence-electron chi connectivity index (χ3n) is 4.23. The first kappa shape index (κ1) is 19.3. The van der Waals surface area contributed by atoms with Gasteiger partial charge in [-0.3, -0.25) is 9.59 Å². The summed E-state index contributed by atoms with van der Waals surface area (Å²) in [6.45, 7) is 5.43. The van der Waals surface area contributed by atoms with Gasteiger partial charge in [-0.15, -0.1) is 11.3 Å². The van der Waals surface area contributed by atoms with Crippen molar-refractivity contribution in [3.05, 3.63) is 34.8 Å². The number of nitrogens with zero attached hydrogens (tertiary/aromatic N) is 2. The number of aliphatic carboxylic acids is 1. The number of carbonyl (C=O) groups excluding carboxylic acids is 1. The second-order valence-electron chi connectivity index (χ2n) is 6.23. The van der Waals surface area contributed by atoms with Crippen LogP contribution in [0.2, 0.25) is 0 Å². The summed E-state index contributed by atoms with van der Waals surface area (Å²) in [6.07, 6.45) is -0.581. The van der Waals surface area contributed by atoms with Crippen molar-refractivity contribution in [3.63, 3.8) is 0 Å². The maximum absolute atomic E-state index is 12.9. The minimum absolute atomic E-state index is 0.108. The van der Waals surface area contributed by atoms with Crippen LogP contribution >= 0.6 is 11.3 Å². The van der Waals surface area contributed by atoms with E-state index < -0.39 is 12.1 Å². The molecule has 1 aromatic heterocycles. The molecule has 0 aliphatic carbocycles. The van der Waals surface area contributed by atoms with Gasteiger partial charge >= 0.3 is 5.97 Å². The Labute approximate surface area is 161 Å². The summed E-state index contributed by atoms with van der Waals surface area (Å²) in [5.74, 6) is -0.259. The van der Waals surface area contributed by atoms with Gasteiger partial charge in [-0.25, -0.2) is 4.98 Å². The largest absolute Gasteiger partial charge is 0.494 e. The summed E-state index contributed by atoms with van der Waals surface area (Å²) in [7, 11) is 0. The SMILES string of the molecule is CCOc1ccc(-c2nc(C)c(C(=O)N3CCO[C@H](CC(=O)O)C3)s2)cc1. The van der Waals surface area contributed by atoms with E-state index in [0.717, 1.165) is 16.3 Å². The quantitative estimate of drug-likeness (QED) is 0.816. The molecule has 3 rings (SSSR count). The zero-order valence-electron chi connectivity index (χ0n) is 15.3. The number of hydrogen-bond acceptors (Lipinski definition) is 6. The van der Waals surface area contributed by atoms with E-state index in [1.807, 2.05) is 38.1 Å². The molecule has 27 heavy (non-hydrogen) atoms. The fraction of sp³-hybridized carbons (Fsp3) is 0.421. The van der Waals surface area contributed by atoms with Crippen molar-refractivity contribution in [2.75, 3.05) is 26.3 Å². The average Bonchev–Trinajstić information content (AvgIpc) is 3.03. The van der Waals surface area contributed by atoms with Gasteiger partial charge in [-0.2, -0.15) is 0 Å². The van der Waals surface area contributed by atoms with E-state index in [-0.39, 0.29) is 18.9 Å². The van der Waals surface area contributed by atoms with Crippen LogP contribution in [0.3, 0.4) is 0 Å². The number of thiazole rings is 1. The molecule has 2 aromatic rings. The van der Waals surface area contributed by atoms with E-state index in [1.54, 1.807) is 4.90 Å². The molecule has 1 saturated heterocycles. The highest BCUT2D eigenvalue weighted by Gasteiger charge is 2.29. The summed E-state index contributed by atoms with van der Waals surface area (Å²) < 4.78 is 10.9. The van der Waals surface area contributed by atoms with Crippen molar-refractivity contribution in [2.45, 2.75) is 26.4 Å². The van der Waals surface area contributed by atoms with Crippen molar-refractivity contribution < 1.29 is 24.2 Å². The highest BCUT2D eigenvalue weighted by atomic mass is 32.1. The van der Waals surface area contributed by atoms with Gasteiger partial charge in [0, 0.05) is 18.7 Å². The summed E-state index contributed by atoms with van der Waals surface area (Å²) in [5, 5.41) is 9.71. The molecule has 1 N–H and O–H groups in total. The molecule has 1 aromatic carbocycles. The van der Waals surface area contributed by atoms with Crippen molar-refractivity contribution in [1.29, 1.82) is 0 Å². The Morgan fingerprint density at radius 2 is 2.11 bits per heavy atom. The van der Waals surface area contributed by atoms with Crippen LogP contribution in [0.15, 0.2) is 24.3 Å². The zero-order chi connectivity index (χ0) is 19.4. The predicted molar refractivity (Wildman–Crippen MR) is 101 cm³/mol. The first-order chi connectivity index (χ1) is 13.0. The van der Waals surface area contributed by atoms with Crippen LogP contribution in [-0.4, -0.2) is 59.3 Å². The van der Waals surface area contributed by atoms with Crippen LogP contribution < -0.4 is 4.74 Å². The number of aryl methyl sites for hydroxylation is 1. The maximum atomic E-state index is 12.9. The minimum atomic E-state index is -0.930. The highest BCUT2D eigenvalue weighted by molar-refractivity contribution is 7.17. The first-order valence-corrected chi connectivity index (χ1v) is 9.63. The zero-order valence-corrected chi connectivity index (χ0v) is 16.1. The lowest BCUT2D eigenvalue weighted by Crippen LogP contribution is -2.46. The van der Waals surface area contributed by atoms with Gasteiger partial charge in [-0.1, -0.05) is 0 Å². The summed E-state index contributed by atoms with van der Waals surface area (Å²) in [6, 6.07) is 7.62. The fourth-order valence-electron chi connectivity index (χ4n) is 2.94. The fourth-order valence-corrected chi connectivity index (χ4v) is 3.98. The van der Waals surface area contributed by atoms with Gasteiger partial charge < -0.3 is 19.5 Å². The number of benzene rings is 1. The normalized spacial score (nSPS) is 17.0. The lowest BCUT2D eigenvalue weighted by Gasteiger charge is -2.32. The van der Waals surface area contributed by atoms with E-state index >= 15 is 0 Å². The van der Waals surface area contributed by atoms with Crippen molar-refractivity contribution in [3.8, 4) is 16.3 Å². The van der Waals surface area contributed by atoms with Gasteiger partial charge in [0.1, 0.15) is 15.6 Å². The van der Waals surface area contributed by atoms with Crippen molar-refractivity contribution >= 4 is 23.2 Å². The van der Waals surface area contributed by atoms with E-state index in [1.165, 1.54) is 11.3 Å². The Balaban J connectivity index is 1.75. The van der Waals surface area contributed by atoms with E-state index in [0.29, 0.717) is 30.3 Å². The van der Waals surface area contributed by atoms with Crippen LogP contribution in [0, 0.1) is 6.92 Å². The molecule has 1 aliphatic heterocycles. The number of morpholine rings is 1. The molecule has 8 heteroatoms. The third-order valence-corrected chi connectivity index (χ3v) is 5.43. The minimum Gasteiger partial charge on any atom is -0.494 e. The molecule has 144 valence electrons. The van der Waals surface area contributed by atoms with Gasteiger partial charge in [0.25, 0.3) is 5.91 Å². The van der Waals surface area contributed by atoms with Crippen LogP contribution in [0.25, 0.3) is 10.6 Å². The van der Waals surface area contributed by atoms with E-state index in [4.69, 9.17) is 14.6 Å². The second-order valence-corrected chi connectivity index (χ2v) is 7.23. The van der Waals surface area contributed by atoms with Gasteiger partial charge in [0.15, 0.2) is 0 Å². The lowest BCUT2D eigenvalue weighted by molar-refractivity contribution is -0.141. The first-order valence-electron chi connectivity index (χ1n) is 8.81. The molecule has 0 saturated carbocycles. The number of amides is 1. The Morgan fingerprint density at radius 1 is 1.37 bits per heavy atom. The standard InChI is InChI=1S/C19H22N2O5S/c1-3-25-14-6-4-13(5-7-14)18-20-12(2)17(27-18)19(24)21-8-9-26-15(11-21)10-16(22)23/h4-7,15H,3,8-11H2,1-2H3,(H,22,23)/t15-/m1/s1. The van der Waals surface area contributed by atoms with Crippen LogP contribution in [0.1, 0.15) is 28.7 Å². The number of hydrogen-bond donors (Lipinski definition) is 1. The Hall–Kier alpha value is -2.45. The summed E-state index contributed by atoms with van der Waals surface area (Å²) in [5.41, 5.74) is 1.60. The number of carbonyl (C=O) groups is 2. The number of rotatable bonds is 6. The third kappa shape index (κ3) is 4.64. The second kappa shape index (κ2) is 8.49. The number of aromatic nitrogens is 1. The van der Waals surface area contributed by atoms with Crippen LogP contribution in [0.5, 0.6) is 5.75 Å². The number of carboxylic acid groups (broad SMARTS) is 1. The monoisotopic (exact) mass is 390 g/mol. The Kier molecular flexibility index (Phi) is 6.08. The molecule has 2 heterocycles. The predicted octanol–water partition coefficient (Wildman–Crippen LogP) is 2.83. The van der Waals surface area contributed by atoms with Gasteiger partial charge in [0.05, 0.1) is 31.4 Å². The smallest absolute Gasteiger partial charge is 0.306 e. The van der Waals surface area contributed by atoms with Gasteiger partial charge in [-0.05, 0) is 38.1 Å². The van der Waals surface area contributed by atoms with Crippen LogP contribution in [-0.2, 0) is 9.53 Å². The van der Waals surface area contributed by atoms with E-state index in [2.05, 4.69) is 4.98 Å². The number of carboxylic acids is 1. The number of ether oxygens (including phenoxy) is 2. The molecule has 7 nitrogen and oxygen atoms in total. The molecule has 0 spiro atoms. The summed E-state index contributed by atoms with van der Waals surface area (Å²) in [4.78, 5) is 30.6. The molecular weight excluding hydrogens is 368 g/mol. The maximum Gasteiger partial charge on any atom is 0.306 e. The lowest BCUT2D eigenvalue weighted by atomic mass is 10.2. The summed E-state index contributed by atoms with van der Waals surface area (Å²) >= 11 is 1.35. The highest BCUT2D eigenvalue weighted by Crippen LogP contribution is 2.30. The molecular formula is C19H22N2O5S. The molecule has 0 unspecified atom stereocenters. The Bertz CT molecular complexity index is 818. The molecule has 1 aliphatic rings. The molecule has 0 bridgehead atoms. The molecule has 1 atom stereocenters. The average molecular weight is 390 g/mol. The van der Waals surface area contributed by atoms with Gasteiger partial charge in [0.2, 0.25) is 0 Å². The topological polar surface area (TPSA) is 89.0 Å². The van der Waals surface area contributed by atoms with Crippen molar-refractivity contribution in [1.82, 2.24) is 9.88 Å². The molecule has 1 amide bonds.